The van der Waals surface area contributed by atoms with Gasteiger partial charge in [-0.05, 0) is 52.3 Å². The summed E-state index contributed by atoms with van der Waals surface area (Å²) < 4.78 is 15.2. The number of anilines is 2. The summed E-state index contributed by atoms with van der Waals surface area (Å²) in [6, 6.07) is 10.1. The van der Waals surface area contributed by atoms with Gasteiger partial charge in [0.25, 0.3) is 0 Å². The number of hydrogen-bond donors (Lipinski definition) is 2. The molecule has 98 valence electrons. The van der Waals surface area contributed by atoms with Crippen LogP contribution in [0.5, 0.6) is 0 Å². The van der Waals surface area contributed by atoms with Crippen molar-refractivity contribution >= 4 is 60.4 Å². The van der Waals surface area contributed by atoms with E-state index in [1.165, 1.54) is 6.07 Å². The van der Waals surface area contributed by atoms with E-state index in [0.29, 0.717) is 10.7 Å². The predicted octanol–water partition coefficient (Wildman–Crippen LogP) is 4.73. The Morgan fingerprint density at radius 2 is 1.89 bits per heavy atom. The molecule has 2 rings (SSSR count). The van der Waals surface area contributed by atoms with Crippen molar-refractivity contribution in [1.82, 2.24) is 0 Å². The molecule has 0 bridgehead atoms. The summed E-state index contributed by atoms with van der Waals surface area (Å²) in [6.45, 7) is 0. The van der Waals surface area contributed by atoms with Crippen LogP contribution in [0.25, 0.3) is 0 Å². The summed E-state index contributed by atoms with van der Waals surface area (Å²) in [5.74, 6) is -0.322. The van der Waals surface area contributed by atoms with Crippen molar-refractivity contribution in [2.24, 2.45) is 5.73 Å². The molecule has 0 saturated carbocycles. The Morgan fingerprint density at radius 3 is 2.53 bits per heavy atom. The van der Waals surface area contributed by atoms with Crippen LogP contribution < -0.4 is 11.1 Å². The Balaban J connectivity index is 2.31. The predicted molar refractivity (Wildman–Crippen MR) is 87.4 cm³/mol. The van der Waals surface area contributed by atoms with Crippen LogP contribution in [0.1, 0.15) is 5.56 Å². The van der Waals surface area contributed by atoms with Crippen LogP contribution in [-0.4, -0.2) is 4.99 Å². The van der Waals surface area contributed by atoms with E-state index in [-0.39, 0.29) is 5.82 Å². The van der Waals surface area contributed by atoms with E-state index in [1.807, 2.05) is 0 Å². The molecular weight excluding hydrogens is 395 g/mol. The lowest BCUT2D eigenvalue weighted by Gasteiger charge is -2.10. The molecule has 0 spiro atoms. The third-order valence-corrected chi connectivity index (χ3v) is 3.81. The second-order valence-corrected chi connectivity index (χ2v) is 6.02. The number of hydrogen-bond acceptors (Lipinski definition) is 2. The highest BCUT2D eigenvalue weighted by atomic mass is 79.9. The minimum absolute atomic E-state index is 0.312. The number of benzene rings is 2. The van der Waals surface area contributed by atoms with E-state index in [9.17, 15) is 4.39 Å². The fourth-order valence-electron chi connectivity index (χ4n) is 1.54. The van der Waals surface area contributed by atoms with Crippen molar-refractivity contribution in [3.63, 3.8) is 0 Å². The van der Waals surface area contributed by atoms with Gasteiger partial charge in [0.2, 0.25) is 0 Å². The first-order chi connectivity index (χ1) is 8.97. The van der Waals surface area contributed by atoms with Gasteiger partial charge in [0.15, 0.2) is 0 Å². The standard InChI is InChI=1S/C13H9Br2FN2S/c14-7-1-4-11(16)12(5-7)18-8-2-3-9(13(17)19)10(15)6-8/h1-6,18H,(H2,17,19). The van der Waals surface area contributed by atoms with Gasteiger partial charge >= 0.3 is 0 Å². The first kappa shape index (κ1) is 14.4. The zero-order chi connectivity index (χ0) is 14.0. The highest BCUT2D eigenvalue weighted by Gasteiger charge is 2.06. The molecule has 0 fully saturated rings. The average Bonchev–Trinajstić information content (AvgIpc) is 2.33. The van der Waals surface area contributed by atoms with Crippen LogP contribution in [0.2, 0.25) is 0 Å². The first-order valence-corrected chi connectivity index (χ1v) is 7.28. The van der Waals surface area contributed by atoms with E-state index < -0.39 is 0 Å². The summed E-state index contributed by atoms with van der Waals surface area (Å²) in [4.78, 5) is 0.312. The Bertz CT molecular complexity index is 647. The second-order valence-electron chi connectivity index (χ2n) is 3.81. The molecule has 3 N–H and O–H groups in total. The minimum atomic E-state index is -0.322. The van der Waals surface area contributed by atoms with Crippen LogP contribution >= 0.6 is 44.1 Å². The third kappa shape index (κ3) is 3.52. The van der Waals surface area contributed by atoms with Crippen LogP contribution in [0.15, 0.2) is 45.3 Å². The van der Waals surface area contributed by atoms with Crippen molar-refractivity contribution in [3.8, 4) is 0 Å². The van der Waals surface area contributed by atoms with Gasteiger partial charge in [-0.25, -0.2) is 4.39 Å². The maximum absolute atomic E-state index is 13.6. The first-order valence-electron chi connectivity index (χ1n) is 5.29. The molecule has 0 amide bonds. The molecule has 0 heterocycles. The van der Waals surface area contributed by atoms with Gasteiger partial charge in [-0.15, -0.1) is 0 Å². The second kappa shape index (κ2) is 5.98. The molecule has 2 aromatic rings. The maximum Gasteiger partial charge on any atom is 0.146 e. The fraction of sp³-hybridized carbons (Fsp3) is 0. The molecule has 0 unspecified atom stereocenters. The summed E-state index contributed by atoms with van der Waals surface area (Å²) in [6.07, 6.45) is 0. The molecular formula is C13H9Br2FN2S. The average molecular weight is 404 g/mol. The van der Waals surface area contributed by atoms with Gasteiger partial charge in [-0.2, -0.15) is 0 Å². The topological polar surface area (TPSA) is 38.0 Å². The number of nitrogens with one attached hydrogen (secondary N) is 1. The molecule has 19 heavy (non-hydrogen) atoms. The highest BCUT2D eigenvalue weighted by Crippen LogP contribution is 2.27. The normalized spacial score (nSPS) is 10.3. The highest BCUT2D eigenvalue weighted by molar-refractivity contribution is 9.10. The molecule has 0 aliphatic carbocycles. The molecule has 2 nitrogen and oxygen atoms in total. The molecule has 0 radical (unpaired) electrons. The quantitative estimate of drug-likeness (QED) is 0.727. The number of thiocarbonyl (C=S) groups is 1. The van der Waals surface area contributed by atoms with Crippen molar-refractivity contribution in [2.75, 3.05) is 5.32 Å². The fourth-order valence-corrected chi connectivity index (χ4v) is 2.80. The third-order valence-electron chi connectivity index (χ3n) is 2.44. The summed E-state index contributed by atoms with van der Waals surface area (Å²) >= 11 is 11.6. The van der Waals surface area contributed by atoms with Gasteiger partial charge in [0, 0.05) is 20.2 Å². The zero-order valence-electron chi connectivity index (χ0n) is 9.58. The van der Waals surface area contributed by atoms with E-state index in [4.69, 9.17) is 18.0 Å². The SMILES string of the molecule is NC(=S)c1ccc(Nc2cc(Br)ccc2F)cc1Br. The lowest BCUT2D eigenvalue weighted by Crippen LogP contribution is -2.10. The smallest absolute Gasteiger partial charge is 0.146 e. The van der Waals surface area contributed by atoms with Crippen LogP contribution in [-0.2, 0) is 0 Å². The maximum atomic E-state index is 13.6. The Labute approximate surface area is 132 Å². The minimum Gasteiger partial charge on any atom is -0.389 e. The van der Waals surface area contributed by atoms with Crippen molar-refractivity contribution in [1.29, 1.82) is 0 Å². The summed E-state index contributed by atoms with van der Waals surface area (Å²) in [5.41, 5.74) is 7.45. The summed E-state index contributed by atoms with van der Waals surface area (Å²) in [5, 5.41) is 3.00. The summed E-state index contributed by atoms with van der Waals surface area (Å²) in [7, 11) is 0. The molecule has 6 heteroatoms. The Kier molecular flexibility index (Phi) is 4.54. The Morgan fingerprint density at radius 1 is 1.16 bits per heavy atom. The molecule has 0 atom stereocenters. The van der Waals surface area contributed by atoms with Gasteiger partial charge < -0.3 is 11.1 Å². The lowest BCUT2D eigenvalue weighted by atomic mass is 10.2. The number of halogens is 3. The largest absolute Gasteiger partial charge is 0.389 e. The zero-order valence-corrected chi connectivity index (χ0v) is 13.6. The van der Waals surface area contributed by atoms with Crippen molar-refractivity contribution in [3.05, 3.63) is 56.7 Å². The van der Waals surface area contributed by atoms with Gasteiger partial charge in [0.05, 0.1) is 5.69 Å². The lowest BCUT2D eigenvalue weighted by molar-refractivity contribution is 0.631. The van der Waals surface area contributed by atoms with Crippen LogP contribution in [0, 0.1) is 5.82 Å². The molecule has 2 aromatic carbocycles. The number of nitrogens with two attached hydrogens (primary N) is 1. The van der Waals surface area contributed by atoms with E-state index >= 15 is 0 Å². The van der Waals surface area contributed by atoms with Gasteiger partial charge in [-0.1, -0.05) is 28.1 Å². The van der Waals surface area contributed by atoms with Gasteiger partial charge in [0.1, 0.15) is 10.8 Å². The molecule has 0 aliphatic heterocycles. The monoisotopic (exact) mass is 402 g/mol. The van der Waals surface area contributed by atoms with E-state index in [2.05, 4.69) is 37.2 Å². The molecule has 0 aromatic heterocycles. The van der Waals surface area contributed by atoms with Crippen molar-refractivity contribution < 1.29 is 4.39 Å². The number of rotatable bonds is 3. The Hall–Kier alpha value is -0.980. The van der Waals surface area contributed by atoms with E-state index in [1.54, 1.807) is 30.3 Å². The van der Waals surface area contributed by atoms with Gasteiger partial charge in [-0.3, -0.25) is 0 Å². The van der Waals surface area contributed by atoms with Crippen molar-refractivity contribution in [2.45, 2.75) is 0 Å². The van der Waals surface area contributed by atoms with Crippen LogP contribution in [0.4, 0.5) is 15.8 Å². The molecule has 0 saturated heterocycles. The van der Waals surface area contributed by atoms with Crippen LogP contribution in [0.3, 0.4) is 0 Å². The van der Waals surface area contributed by atoms with E-state index in [0.717, 1.165) is 20.2 Å². The molecule has 0 aliphatic rings.